The first kappa shape index (κ1) is 29.2. The first-order chi connectivity index (χ1) is 18.8. The number of hydrogen-bond acceptors (Lipinski definition) is 5. The smallest absolute Gasteiger partial charge is 0.378 e. The van der Waals surface area contributed by atoms with Crippen LogP contribution in [0.4, 0.5) is 32.0 Å². The van der Waals surface area contributed by atoms with Crippen LogP contribution in [-0.2, 0) is 28.9 Å². The van der Waals surface area contributed by atoms with Crippen molar-refractivity contribution in [3.8, 4) is 0 Å². The van der Waals surface area contributed by atoms with Gasteiger partial charge in [-0.15, -0.1) is 0 Å². The third-order valence-electron chi connectivity index (χ3n) is 5.76. The van der Waals surface area contributed by atoms with E-state index in [1.165, 1.54) is 39.9 Å². The van der Waals surface area contributed by atoms with Crippen molar-refractivity contribution in [3.05, 3.63) is 77.1 Å². The maximum atomic E-state index is 14.2. The van der Waals surface area contributed by atoms with Crippen LogP contribution < -0.4 is 5.32 Å². The number of alkyl halides is 6. The molecule has 0 bridgehead atoms. The predicted molar refractivity (Wildman–Crippen MR) is 135 cm³/mol. The number of amides is 2. The second kappa shape index (κ2) is 11.8. The van der Waals surface area contributed by atoms with Crippen LogP contribution in [0.2, 0.25) is 0 Å². The van der Waals surface area contributed by atoms with Gasteiger partial charge < -0.3 is 15.0 Å². The minimum absolute atomic E-state index is 0.102. The van der Waals surface area contributed by atoms with Gasteiger partial charge in [0.1, 0.15) is 0 Å². The van der Waals surface area contributed by atoms with Crippen molar-refractivity contribution in [3.63, 3.8) is 0 Å². The molecule has 1 saturated heterocycles. The lowest BCUT2D eigenvalue weighted by Crippen LogP contribution is -2.39. The SMILES string of the molecule is Cn1ccc(C(=O)Nc2cccc(Sc3ccc(/C=C/C(=O)N4CCOCC4)c(C(F)(F)F)c3C(F)(F)F)c2)n1. The highest BCUT2D eigenvalue weighted by Crippen LogP contribution is 2.48. The standard InChI is InChI=1S/C26H22F6N4O3S/c1-35-10-9-19(34-35)24(38)33-17-3-2-4-18(15-17)40-20-7-5-16(6-8-21(37)36-11-13-39-14-12-36)22(25(27,28)29)23(20)26(30,31)32/h2-10,15H,11-14H2,1H3,(H,33,38)/b8-6+. The number of rotatable bonds is 6. The molecule has 2 heterocycles. The van der Waals surface area contributed by atoms with Crippen LogP contribution in [0.3, 0.4) is 0 Å². The summed E-state index contributed by atoms with van der Waals surface area (Å²) in [7, 11) is 1.62. The van der Waals surface area contributed by atoms with Gasteiger partial charge in [-0.2, -0.15) is 31.4 Å². The molecular weight excluding hydrogens is 562 g/mol. The highest BCUT2D eigenvalue weighted by molar-refractivity contribution is 7.99. The van der Waals surface area contributed by atoms with Crippen LogP contribution in [0.1, 0.15) is 27.2 Å². The van der Waals surface area contributed by atoms with Crippen molar-refractivity contribution in [2.45, 2.75) is 22.1 Å². The molecule has 2 aromatic carbocycles. The Morgan fingerprint density at radius 3 is 2.33 bits per heavy atom. The van der Waals surface area contributed by atoms with Gasteiger partial charge in [0.2, 0.25) is 5.91 Å². The quantitative estimate of drug-likeness (QED) is 0.296. The molecular formula is C26H22F6N4O3S. The zero-order valence-corrected chi connectivity index (χ0v) is 21.7. The fourth-order valence-corrected chi connectivity index (χ4v) is 5.00. The first-order valence-electron chi connectivity index (χ1n) is 11.8. The lowest BCUT2D eigenvalue weighted by molar-refractivity contribution is -0.163. The van der Waals surface area contributed by atoms with Gasteiger partial charge in [-0.1, -0.05) is 23.9 Å². The largest absolute Gasteiger partial charge is 0.418 e. The van der Waals surface area contributed by atoms with Gasteiger partial charge in [0.15, 0.2) is 5.69 Å². The van der Waals surface area contributed by atoms with Crippen molar-refractivity contribution in [2.24, 2.45) is 7.05 Å². The summed E-state index contributed by atoms with van der Waals surface area (Å²) in [5, 5.41) is 6.52. The maximum Gasteiger partial charge on any atom is 0.418 e. The van der Waals surface area contributed by atoms with Crippen LogP contribution >= 0.6 is 11.8 Å². The average molecular weight is 585 g/mol. The third-order valence-corrected chi connectivity index (χ3v) is 6.81. The molecule has 40 heavy (non-hydrogen) atoms. The van der Waals surface area contributed by atoms with Gasteiger partial charge in [0.25, 0.3) is 5.91 Å². The fourth-order valence-electron chi connectivity index (χ4n) is 3.96. The molecule has 1 N–H and O–H groups in total. The third kappa shape index (κ3) is 7.04. The van der Waals surface area contributed by atoms with Crippen LogP contribution in [-0.4, -0.2) is 52.8 Å². The summed E-state index contributed by atoms with van der Waals surface area (Å²) in [5.74, 6) is -1.20. The number of carbonyl (C=O) groups is 2. The number of hydrogen-bond donors (Lipinski definition) is 1. The topological polar surface area (TPSA) is 76.5 Å². The van der Waals surface area contributed by atoms with E-state index in [0.717, 1.165) is 24.3 Å². The summed E-state index contributed by atoms with van der Waals surface area (Å²) in [6, 6.07) is 8.97. The number of aryl methyl sites for hydroxylation is 1. The fraction of sp³-hybridized carbons (Fsp3) is 0.269. The van der Waals surface area contributed by atoms with Gasteiger partial charge in [0, 0.05) is 47.9 Å². The van der Waals surface area contributed by atoms with Crippen molar-refractivity contribution in [2.75, 3.05) is 31.6 Å². The molecule has 7 nitrogen and oxygen atoms in total. The summed E-state index contributed by atoms with van der Waals surface area (Å²) in [6.07, 6.45) is -7.61. The molecule has 1 aromatic heterocycles. The maximum absolute atomic E-state index is 14.2. The molecule has 1 aliphatic rings. The second-order valence-corrected chi connectivity index (χ2v) is 9.74. The van der Waals surface area contributed by atoms with E-state index in [1.54, 1.807) is 13.2 Å². The van der Waals surface area contributed by atoms with Crippen LogP contribution in [0, 0.1) is 0 Å². The Bertz CT molecular complexity index is 1430. The Kier molecular flexibility index (Phi) is 8.59. The summed E-state index contributed by atoms with van der Waals surface area (Å²) in [5.41, 5.74) is -4.23. The van der Waals surface area contributed by atoms with Crippen molar-refractivity contribution in [1.82, 2.24) is 14.7 Å². The molecule has 1 fully saturated rings. The molecule has 0 spiro atoms. The number of aromatic nitrogens is 2. The zero-order chi connectivity index (χ0) is 29.1. The van der Waals surface area contributed by atoms with Crippen molar-refractivity contribution in [1.29, 1.82) is 0 Å². The van der Waals surface area contributed by atoms with Gasteiger partial charge in [0.05, 0.1) is 24.3 Å². The first-order valence-corrected chi connectivity index (χ1v) is 12.6. The molecule has 4 rings (SSSR count). The molecule has 2 amide bonds. The second-order valence-electron chi connectivity index (χ2n) is 8.63. The summed E-state index contributed by atoms with van der Waals surface area (Å²) in [4.78, 5) is 25.5. The average Bonchev–Trinajstić information content (AvgIpc) is 3.33. The number of morpholine rings is 1. The molecule has 0 saturated carbocycles. The van der Waals surface area contributed by atoms with E-state index in [1.807, 2.05) is 0 Å². The van der Waals surface area contributed by atoms with Gasteiger partial charge >= 0.3 is 12.4 Å². The number of carbonyl (C=O) groups excluding carboxylic acids is 2. The highest BCUT2D eigenvalue weighted by atomic mass is 32.2. The zero-order valence-electron chi connectivity index (χ0n) is 20.8. The minimum atomic E-state index is -5.37. The molecule has 0 aliphatic carbocycles. The molecule has 0 unspecified atom stereocenters. The van der Waals surface area contributed by atoms with Crippen molar-refractivity contribution >= 4 is 35.3 Å². The lowest BCUT2D eigenvalue weighted by atomic mass is 9.99. The Balaban J connectivity index is 1.66. The van der Waals surface area contributed by atoms with E-state index in [2.05, 4.69) is 10.4 Å². The Morgan fingerprint density at radius 2 is 1.70 bits per heavy atom. The Labute approximate surface area is 228 Å². The molecule has 14 heteroatoms. The number of anilines is 1. The summed E-state index contributed by atoms with van der Waals surface area (Å²) < 4.78 is 91.3. The molecule has 0 radical (unpaired) electrons. The van der Waals surface area contributed by atoms with E-state index in [0.29, 0.717) is 11.8 Å². The van der Waals surface area contributed by atoms with Crippen LogP contribution in [0.5, 0.6) is 0 Å². The number of benzene rings is 2. The van der Waals surface area contributed by atoms with Gasteiger partial charge in [-0.05, 0) is 42.0 Å². The Hall–Kier alpha value is -3.78. The molecule has 1 aliphatic heterocycles. The minimum Gasteiger partial charge on any atom is -0.378 e. The number of ether oxygens (including phenoxy) is 1. The van der Waals surface area contributed by atoms with Crippen LogP contribution in [0.25, 0.3) is 6.08 Å². The summed E-state index contributed by atoms with van der Waals surface area (Å²) in [6.45, 7) is 0.956. The lowest BCUT2D eigenvalue weighted by Gasteiger charge is -2.25. The molecule has 0 atom stereocenters. The van der Waals surface area contributed by atoms with E-state index < -0.39 is 45.8 Å². The van der Waals surface area contributed by atoms with E-state index in [9.17, 15) is 35.9 Å². The number of nitrogens with zero attached hydrogens (tertiary/aromatic N) is 3. The van der Waals surface area contributed by atoms with E-state index in [-0.39, 0.29) is 42.6 Å². The normalized spacial score (nSPS) is 14.5. The number of nitrogens with one attached hydrogen (secondary N) is 1. The van der Waals surface area contributed by atoms with Crippen molar-refractivity contribution < 1.29 is 40.7 Å². The van der Waals surface area contributed by atoms with Gasteiger partial charge in [-0.3, -0.25) is 14.3 Å². The predicted octanol–water partition coefficient (Wildman–Crippen LogP) is 5.73. The monoisotopic (exact) mass is 584 g/mol. The Morgan fingerprint density at radius 1 is 1.00 bits per heavy atom. The highest BCUT2D eigenvalue weighted by Gasteiger charge is 2.46. The van der Waals surface area contributed by atoms with Crippen LogP contribution in [0.15, 0.2) is 64.5 Å². The number of halogens is 6. The van der Waals surface area contributed by atoms with E-state index in [4.69, 9.17) is 4.74 Å². The summed E-state index contributed by atoms with van der Waals surface area (Å²) >= 11 is 0.464. The van der Waals surface area contributed by atoms with E-state index >= 15 is 0 Å². The molecule has 3 aromatic rings. The molecule has 212 valence electrons. The van der Waals surface area contributed by atoms with Gasteiger partial charge in [-0.25, -0.2) is 0 Å².